The lowest BCUT2D eigenvalue weighted by molar-refractivity contribution is 0.549. The van der Waals surface area contributed by atoms with Gasteiger partial charge >= 0.3 is 0 Å². The number of allylic oxidation sites excluding steroid dienone is 3. The van der Waals surface area contributed by atoms with E-state index in [1.54, 1.807) is 32.1 Å². The van der Waals surface area contributed by atoms with E-state index in [0.29, 0.717) is 5.33 Å². The number of alkyl halides is 2. The van der Waals surface area contributed by atoms with Crippen LogP contribution >= 0.6 is 43.5 Å². The molecular weight excluding hydrogens is 452 g/mol. The summed E-state index contributed by atoms with van der Waals surface area (Å²) in [5.74, 6) is 0. The summed E-state index contributed by atoms with van der Waals surface area (Å²) in [5, 5.41) is -0.646. The molecule has 0 saturated heterocycles. The number of hydrogen-bond acceptors (Lipinski definition) is 2. The molecule has 0 bridgehead atoms. The fourth-order valence-electron chi connectivity index (χ4n) is 2.67. The molecule has 0 radical (unpaired) electrons. The first kappa shape index (κ1) is 18.2. The molecule has 1 aromatic carbocycles. The summed E-state index contributed by atoms with van der Waals surface area (Å²) in [6, 6.07) is 7.52. The number of halogens is 3. The summed E-state index contributed by atoms with van der Waals surface area (Å²) in [6.07, 6.45) is 5.22. The molecule has 22 heavy (non-hydrogen) atoms. The molecule has 0 aromatic heterocycles. The first-order valence-corrected chi connectivity index (χ1v) is 10.8. The molecule has 0 fully saturated rings. The van der Waals surface area contributed by atoms with Gasteiger partial charge in [0.2, 0.25) is 0 Å². The number of hydrogen-bond donors (Lipinski definition) is 0. The highest BCUT2D eigenvalue weighted by atomic mass is 79.9. The molecule has 6 heteroatoms. The molecule has 0 saturated carbocycles. The second kappa shape index (κ2) is 6.80. The highest BCUT2D eigenvalue weighted by Gasteiger charge is 2.51. The van der Waals surface area contributed by atoms with E-state index in [1.807, 2.05) is 24.3 Å². The van der Waals surface area contributed by atoms with Gasteiger partial charge in [0, 0.05) is 9.81 Å². The van der Waals surface area contributed by atoms with Gasteiger partial charge in [-0.25, -0.2) is 8.42 Å². The van der Waals surface area contributed by atoms with Crippen molar-refractivity contribution in [2.75, 3.05) is 0 Å². The summed E-state index contributed by atoms with van der Waals surface area (Å²) < 4.78 is 25.9. The predicted octanol–water partition coefficient (Wildman–Crippen LogP) is 5.06. The minimum absolute atomic E-state index is 0.535. The molecule has 2 unspecified atom stereocenters. The Balaban J connectivity index is 2.82. The van der Waals surface area contributed by atoms with Crippen molar-refractivity contribution in [3.8, 4) is 0 Å². The van der Waals surface area contributed by atoms with Crippen molar-refractivity contribution in [1.29, 1.82) is 0 Å². The van der Waals surface area contributed by atoms with Crippen molar-refractivity contribution >= 4 is 53.3 Å². The Bertz CT molecular complexity index is 725. The highest BCUT2D eigenvalue weighted by Crippen LogP contribution is 2.46. The van der Waals surface area contributed by atoms with Crippen molar-refractivity contribution in [2.45, 2.75) is 34.6 Å². The Morgan fingerprint density at radius 1 is 1.32 bits per heavy atom. The van der Waals surface area contributed by atoms with Crippen LogP contribution in [0.3, 0.4) is 0 Å². The van der Waals surface area contributed by atoms with Gasteiger partial charge in [-0.3, -0.25) is 0 Å². The molecule has 0 heterocycles. The van der Waals surface area contributed by atoms with Gasteiger partial charge < -0.3 is 0 Å². The summed E-state index contributed by atoms with van der Waals surface area (Å²) >= 11 is 13.4. The van der Waals surface area contributed by atoms with Crippen LogP contribution in [-0.2, 0) is 19.9 Å². The molecule has 0 spiro atoms. The SMILES string of the molecule is CC(C)S(=O)(=O)C1(c2ccccc2CBr)C=CC(Br)=CC1Cl. The fraction of sp³-hybridized carbons (Fsp3) is 0.375. The van der Waals surface area contributed by atoms with Gasteiger partial charge in [-0.2, -0.15) is 0 Å². The van der Waals surface area contributed by atoms with Crippen molar-refractivity contribution in [2.24, 2.45) is 0 Å². The Morgan fingerprint density at radius 2 is 1.95 bits per heavy atom. The van der Waals surface area contributed by atoms with Crippen LogP contribution in [0.2, 0.25) is 0 Å². The summed E-state index contributed by atoms with van der Waals surface area (Å²) in [6.45, 7) is 3.39. The Hall–Kier alpha value is -0.100. The lowest BCUT2D eigenvalue weighted by Gasteiger charge is -2.38. The Morgan fingerprint density at radius 3 is 2.50 bits per heavy atom. The molecule has 1 aliphatic rings. The third-order valence-electron chi connectivity index (χ3n) is 3.88. The second-order valence-corrected chi connectivity index (χ2v) is 10.1. The third kappa shape index (κ3) is 2.85. The number of rotatable bonds is 4. The normalized spacial score (nSPS) is 25.4. The van der Waals surface area contributed by atoms with E-state index in [4.69, 9.17) is 11.6 Å². The molecule has 0 aliphatic heterocycles. The monoisotopic (exact) mass is 466 g/mol. The van der Waals surface area contributed by atoms with E-state index in [2.05, 4.69) is 31.9 Å². The van der Waals surface area contributed by atoms with Crippen LogP contribution in [-0.4, -0.2) is 19.0 Å². The topological polar surface area (TPSA) is 34.1 Å². The van der Waals surface area contributed by atoms with Gasteiger partial charge in [0.05, 0.1) is 10.6 Å². The lowest BCUT2D eigenvalue weighted by atomic mass is 9.88. The average Bonchev–Trinajstić information content (AvgIpc) is 2.47. The van der Waals surface area contributed by atoms with E-state index < -0.39 is 25.2 Å². The summed E-state index contributed by atoms with van der Waals surface area (Å²) in [4.78, 5) is 0. The van der Waals surface area contributed by atoms with Crippen LogP contribution in [0.4, 0.5) is 0 Å². The van der Waals surface area contributed by atoms with E-state index in [1.165, 1.54) is 0 Å². The van der Waals surface area contributed by atoms with Crippen LogP contribution in [0.25, 0.3) is 0 Å². The van der Waals surface area contributed by atoms with Crippen LogP contribution in [0.5, 0.6) is 0 Å². The van der Waals surface area contributed by atoms with Crippen LogP contribution in [0.1, 0.15) is 25.0 Å². The molecule has 2 atom stereocenters. The standard InChI is InChI=1S/C16H17Br2ClO2S/c1-11(2)22(20,21)16(8-7-13(18)9-15(16)19)14-6-4-3-5-12(14)10-17/h3-9,11,15H,10H2,1-2H3. The van der Waals surface area contributed by atoms with E-state index in [-0.39, 0.29) is 0 Å². The largest absolute Gasteiger partial charge is 0.227 e. The van der Waals surface area contributed by atoms with Crippen molar-refractivity contribution < 1.29 is 8.42 Å². The van der Waals surface area contributed by atoms with Gasteiger partial charge in [-0.05, 0) is 25.0 Å². The Labute approximate surface area is 153 Å². The van der Waals surface area contributed by atoms with E-state index >= 15 is 0 Å². The van der Waals surface area contributed by atoms with Crippen molar-refractivity contribution in [3.63, 3.8) is 0 Å². The van der Waals surface area contributed by atoms with Crippen molar-refractivity contribution in [3.05, 3.63) is 58.1 Å². The minimum atomic E-state index is -3.52. The molecule has 2 nitrogen and oxygen atoms in total. The maximum atomic E-state index is 13.2. The molecule has 0 amide bonds. The van der Waals surface area contributed by atoms with Gasteiger partial charge in [0.1, 0.15) is 4.75 Å². The lowest BCUT2D eigenvalue weighted by Crippen LogP contribution is -2.46. The van der Waals surface area contributed by atoms with Crippen LogP contribution < -0.4 is 0 Å². The van der Waals surface area contributed by atoms with E-state index in [9.17, 15) is 8.42 Å². The van der Waals surface area contributed by atoms with Gasteiger partial charge in [0.25, 0.3) is 0 Å². The molecule has 2 rings (SSSR count). The molecular formula is C16H17Br2ClO2S. The molecule has 1 aliphatic carbocycles. The van der Waals surface area contributed by atoms with Crippen molar-refractivity contribution in [1.82, 2.24) is 0 Å². The number of sulfone groups is 1. The quantitative estimate of drug-likeness (QED) is 0.579. The molecule has 120 valence electrons. The minimum Gasteiger partial charge on any atom is -0.227 e. The van der Waals surface area contributed by atoms with Gasteiger partial charge in [-0.1, -0.05) is 74.4 Å². The average molecular weight is 469 g/mol. The fourth-order valence-corrected chi connectivity index (χ4v) is 6.33. The smallest absolute Gasteiger partial charge is 0.167 e. The summed E-state index contributed by atoms with van der Waals surface area (Å²) in [7, 11) is -3.52. The third-order valence-corrected chi connectivity index (χ3v) is 8.40. The first-order chi connectivity index (χ1) is 10.3. The number of benzene rings is 1. The Kier molecular flexibility index (Phi) is 5.63. The van der Waals surface area contributed by atoms with Crippen LogP contribution in [0, 0.1) is 0 Å². The zero-order valence-corrected chi connectivity index (χ0v) is 17.0. The second-order valence-electron chi connectivity index (χ2n) is 5.46. The maximum absolute atomic E-state index is 13.2. The van der Waals surface area contributed by atoms with E-state index in [0.717, 1.165) is 15.6 Å². The summed E-state index contributed by atoms with van der Waals surface area (Å²) in [5.41, 5.74) is 1.65. The highest BCUT2D eigenvalue weighted by molar-refractivity contribution is 9.11. The molecule has 1 aromatic rings. The van der Waals surface area contributed by atoms with Gasteiger partial charge in [0.15, 0.2) is 9.84 Å². The zero-order valence-electron chi connectivity index (χ0n) is 12.3. The maximum Gasteiger partial charge on any atom is 0.167 e. The first-order valence-electron chi connectivity index (χ1n) is 6.85. The predicted molar refractivity (Wildman–Crippen MR) is 101 cm³/mol. The molecule has 0 N–H and O–H groups in total. The van der Waals surface area contributed by atoms with Crippen LogP contribution in [0.15, 0.2) is 47.0 Å². The zero-order chi connectivity index (χ0) is 16.5. The van der Waals surface area contributed by atoms with Gasteiger partial charge in [-0.15, -0.1) is 11.6 Å².